The molecule has 1 aliphatic rings. The van der Waals surface area contributed by atoms with E-state index in [9.17, 15) is 14.0 Å². The zero-order valence-corrected chi connectivity index (χ0v) is 17.6. The fourth-order valence-electron chi connectivity index (χ4n) is 3.54. The van der Waals surface area contributed by atoms with E-state index in [2.05, 4.69) is 5.32 Å². The molecular weight excluding hydrogens is 411 g/mol. The first-order valence-electron chi connectivity index (χ1n) is 9.92. The third-order valence-electron chi connectivity index (χ3n) is 5.20. The number of anilines is 1. The van der Waals surface area contributed by atoms with Gasteiger partial charge in [-0.3, -0.25) is 14.5 Å². The highest BCUT2D eigenvalue weighted by Gasteiger charge is 2.39. The first-order valence-corrected chi connectivity index (χ1v) is 9.92. The van der Waals surface area contributed by atoms with E-state index in [1.165, 1.54) is 13.2 Å². The van der Waals surface area contributed by atoms with Crippen LogP contribution in [0, 0.1) is 5.82 Å². The highest BCUT2D eigenvalue weighted by Crippen LogP contribution is 2.34. The Morgan fingerprint density at radius 2 is 1.53 bits per heavy atom. The quantitative estimate of drug-likeness (QED) is 0.566. The Morgan fingerprint density at radius 1 is 0.844 bits per heavy atom. The third-order valence-corrected chi connectivity index (χ3v) is 5.20. The Bertz CT molecular complexity index is 1200. The van der Waals surface area contributed by atoms with Crippen molar-refractivity contribution in [3.05, 3.63) is 95.4 Å². The molecule has 6 nitrogen and oxygen atoms in total. The maximum atomic E-state index is 14.2. The largest absolute Gasteiger partial charge is 0.497 e. The molecule has 0 spiro atoms. The van der Waals surface area contributed by atoms with Crippen molar-refractivity contribution in [2.75, 3.05) is 19.5 Å². The number of halogens is 1. The second-order valence-electron chi connectivity index (χ2n) is 7.09. The van der Waals surface area contributed by atoms with Crippen LogP contribution in [-0.2, 0) is 16.1 Å². The van der Waals surface area contributed by atoms with Gasteiger partial charge in [-0.15, -0.1) is 0 Å². The molecule has 2 amide bonds. The van der Waals surface area contributed by atoms with E-state index >= 15 is 0 Å². The molecule has 0 unspecified atom stereocenters. The number of amides is 2. The first-order chi connectivity index (χ1) is 15.5. The van der Waals surface area contributed by atoms with Crippen molar-refractivity contribution in [2.45, 2.75) is 6.54 Å². The van der Waals surface area contributed by atoms with Crippen LogP contribution in [0.3, 0.4) is 0 Å². The number of ether oxygens (including phenoxy) is 2. The zero-order valence-electron chi connectivity index (χ0n) is 17.6. The second kappa shape index (κ2) is 8.93. The number of imide groups is 1. The highest BCUT2D eigenvalue weighted by molar-refractivity contribution is 6.36. The minimum atomic E-state index is -0.546. The van der Waals surface area contributed by atoms with Crippen LogP contribution in [0.15, 0.2) is 78.5 Å². The second-order valence-corrected chi connectivity index (χ2v) is 7.09. The van der Waals surface area contributed by atoms with Gasteiger partial charge in [0.05, 0.1) is 32.0 Å². The summed E-state index contributed by atoms with van der Waals surface area (Å²) in [6, 6.07) is 20.0. The summed E-state index contributed by atoms with van der Waals surface area (Å²) < 4.78 is 24.8. The fraction of sp³-hybridized carbons (Fsp3) is 0.120. The standard InChI is InChI=1S/C25H21FN2O4/c1-31-18-13-11-16(12-14-18)22-23(27-20-9-5-6-10-21(20)32-2)25(30)28(24(22)29)15-17-7-3-4-8-19(17)26/h3-14,27H,15H2,1-2H3. The van der Waals surface area contributed by atoms with Gasteiger partial charge in [-0.2, -0.15) is 0 Å². The van der Waals surface area contributed by atoms with Crippen molar-refractivity contribution in [1.82, 2.24) is 4.90 Å². The zero-order chi connectivity index (χ0) is 22.7. The van der Waals surface area contributed by atoms with E-state index in [1.807, 2.05) is 0 Å². The smallest absolute Gasteiger partial charge is 0.278 e. The summed E-state index contributed by atoms with van der Waals surface area (Å²) >= 11 is 0. The van der Waals surface area contributed by atoms with Gasteiger partial charge in [-0.05, 0) is 35.9 Å². The van der Waals surface area contributed by atoms with Crippen LogP contribution in [0.4, 0.5) is 10.1 Å². The molecule has 0 fully saturated rings. The molecule has 0 aliphatic carbocycles. The normalized spacial score (nSPS) is 13.5. The third kappa shape index (κ3) is 3.92. The molecule has 0 bridgehead atoms. The van der Waals surface area contributed by atoms with Crippen molar-refractivity contribution in [2.24, 2.45) is 0 Å². The maximum absolute atomic E-state index is 14.2. The van der Waals surface area contributed by atoms with Crippen LogP contribution in [0.2, 0.25) is 0 Å². The predicted octanol–water partition coefficient (Wildman–Crippen LogP) is 4.24. The molecular formula is C25H21FN2O4. The van der Waals surface area contributed by atoms with E-state index < -0.39 is 17.6 Å². The number of carbonyl (C=O) groups is 2. The van der Waals surface area contributed by atoms with Crippen LogP contribution < -0.4 is 14.8 Å². The van der Waals surface area contributed by atoms with E-state index in [-0.39, 0.29) is 23.4 Å². The number of benzene rings is 3. The number of hydrogen-bond acceptors (Lipinski definition) is 5. The lowest BCUT2D eigenvalue weighted by Gasteiger charge is -2.16. The van der Waals surface area contributed by atoms with Gasteiger partial charge in [0.2, 0.25) is 0 Å². The number of methoxy groups -OCH3 is 2. The SMILES string of the molecule is COc1ccc(C2=C(Nc3ccccc3OC)C(=O)N(Cc3ccccc3F)C2=O)cc1. The molecule has 4 rings (SSSR count). The fourth-order valence-corrected chi connectivity index (χ4v) is 3.54. The van der Waals surface area contributed by atoms with Crippen LogP contribution in [0.5, 0.6) is 11.5 Å². The van der Waals surface area contributed by atoms with E-state index in [0.29, 0.717) is 22.7 Å². The number of rotatable bonds is 7. The van der Waals surface area contributed by atoms with Gasteiger partial charge in [0.25, 0.3) is 11.8 Å². The van der Waals surface area contributed by atoms with Gasteiger partial charge in [-0.25, -0.2) is 4.39 Å². The Balaban J connectivity index is 1.77. The average molecular weight is 432 g/mol. The molecule has 1 heterocycles. The van der Waals surface area contributed by atoms with Gasteiger partial charge in [0.1, 0.15) is 23.0 Å². The summed E-state index contributed by atoms with van der Waals surface area (Å²) in [7, 11) is 3.06. The number of hydrogen-bond donors (Lipinski definition) is 1. The molecule has 0 aromatic heterocycles. The lowest BCUT2D eigenvalue weighted by Crippen LogP contribution is -2.32. The summed E-state index contributed by atoms with van der Waals surface area (Å²) in [6.45, 7) is -0.179. The first kappa shape index (κ1) is 21.1. The highest BCUT2D eigenvalue weighted by atomic mass is 19.1. The van der Waals surface area contributed by atoms with Gasteiger partial charge < -0.3 is 14.8 Å². The van der Waals surface area contributed by atoms with E-state index in [4.69, 9.17) is 9.47 Å². The Kier molecular flexibility index (Phi) is 5.89. The van der Waals surface area contributed by atoms with Crippen molar-refractivity contribution in [3.63, 3.8) is 0 Å². The van der Waals surface area contributed by atoms with Crippen molar-refractivity contribution in [1.29, 1.82) is 0 Å². The van der Waals surface area contributed by atoms with Gasteiger partial charge in [-0.1, -0.05) is 42.5 Å². The average Bonchev–Trinajstić information content (AvgIpc) is 3.05. The van der Waals surface area contributed by atoms with Crippen LogP contribution in [-0.4, -0.2) is 30.9 Å². The van der Waals surface area contributed by atoms with Gasteiger partial charge in [0.15, 0.2) is 0 Å². The maximum Gasteiger partial charge on any atom is 0.278 e. The van der Waals surface area contributed by atoms with Crippen LogP contribution in [0.1, 0.15) is 11.1 Å². The minimum absolute atomic E-state index is 0.0982. The predicted molar refractivity (Wildman–Crippen MR) is 118 cm³/mol. The van der Waals surface area contributed by atoms with Gasteiger partial charge >= 0.3 is 0 Å². The monoisotopic (exact) mass is 432 g/mol. The molecule has 0 saturated carbocycles. The van der Waals surface area contributed by atoms with E-state index in [0.717, 1.165) is 4.90 Å². The molecule has 1 N–H and O–H groups in total. The Hall–Kier alpha value is -4.13. The molecule has 32 heavy (non-hydrogen) atoms. The molecule has 3 aromatic rings. The number of para-hydroxylation sites is 2. The van der Waals surface area contributed by atoms with Crippen LogP contribution in [0.25, 0.3) is 5.57 Å². The van der Waals surface area contributed by atoms with Gasteiger partial charge in [0, 0.05) is 5.56 Å². The lowest BCUT2D eigenvalue weighted by molar-refractivity contribution is -0.137. The summed E-state index contributed by atoms with van der Waals surface area (Å²) in [5.41, 5.74) is 1.62. The molecule has 162 valence electrons. The summed E-state index contributed by atoms with van der Waals surface area (Å²) in [6.07, 6.45) is 0. The molecule has 0 radical (unpaired) electrons. The molecule has 3 aromatic carbocycles. The molecule has 7 heteroatoms. The summed E-state index contributed by atoms with van der Waals surface area (Å²) in [5.74, 6) is -0.406. The van der Waals surface area contributed by atoms with Crippen LogP contribution >= 0.6 is 0 Å². The van der Waals surface area contributed by atoms with Crippen molar-refractivity contribution < 1.29 is 23.5 Å². The Morgan fingerprint density at radius 3 is 2.22 bits per heavy atom. The lowest BCUT2D eigenvalue weighted by atomic mass is 10.0. The van der Waals surface area contributed by atoms with E-state index in [1.54, 1.807) is 73.8 Å². The van der Waals surface area contributed by atoms with Crippen molar-refractivity contribution >= 4 is 23.1 Å². The number of nitrogens with one attached hydrogen (secondary N) is 1. The summed E-state index contributed by atoms with van der Waals surface area (Å²) in [4.78, 5) is 27.7. The number of nitrogens with zero attached hydrogens (tertiary/aromatic N) is 1. The van der Waals surface area contributed by atoms with Crippen molar-refractivity contribution in [3.8, 4) is 11.5 Å². The topological polar surface area (TPSA) is 67.9 Å². The summed E-state index contributed by atoms with van der Waals surface area (Å²) in [5, 5.41) is 3.07. The molecule has 1 aliphatic heterocycles. The Labute approximate surface area is 184 Å². The molecule has 0 atom stereocenters. The minimum Gasteiger partial charge on any atom is -0.497 e. The number of carbonyl (C=O) groups excluding carboxylic acids is 2. The molecule has 0 saturated heterocycles.